The lowest BCUT2D eigenvalue weighted by Gasteiger charge is -2.15. The first-order valence-electron chi connectivity index (χ1n) is 8.90. The summed E-state index contributed by atoms with van der Waals surface area (Å²) in [6.45, 7) is 5.18. The van der Waals surface area contributed by atoms with Crippen LogP contribution < -0.4 is 0 Å². The Morgan fingerprint density at radius 2 is 1.80 bits per heavy atom. The van der Waals surface area contributed by atoms with Crippen LogP contribution in [0.1, 0.15) is 40.8 Å². The summed E-state index contributed by atoms with van der Waals surface area (Å²) in [6, 6.07) is 19.0. The smallest absolute Gasteiger partial charge is 0.220 e. The molecule has 1 fully saturated rings. The van der Waals surface area contributed by atoms with Crippen LogP contribution in [0.3, 0.4) is 0 Å². The summed E-state index contributed by atoms with van der Waals surface area (Å²) >= 11 is 0. The van der Waals surface area contributed by atoms with E-state index >= 15 is 0 Å². The molecule has 1 aliphatic heterocycles. The molecule has 1 unspecified atom stereocenters. The van der Waals surface area contributed by atoms with Crippen molar-refractivity contribution in [3.05, 3.63) is 83.1 Å². The molecule has 2 heterocycles. The molecule has 1 atom stereocenters. The minimum absolute atomic E-state index is 0.350. The summed E-state index contributed by atoms with van der Waals surface area (Å²) in [5.74, 6) is 1.85. The topological polar surface area (TPSA) is 42.2 Å². The third kappa shape index (κ3) is 3.97. The summed E-state index contributed by atoms with van der Waals surface area (Å²) in [5.41, 5.74) is 3.87. The van der Waals surface area contributed by atoms with Gasteiger partial charge in [0, 0.05) is 13.1 Å². The molecule has 4 heteroatoms. The van der Waals surface area contributed by atoms with Crippen LogP contribution >= 0.6 is 0 Å². The average Bonchev–Trinajstić information content (AvgIpc) is 3.27. The maximum atomic E-state index is 5.94. The Balaban J connectivity index is 1.36. The third-order valence-corrected chi connectivity index (χ3v) is 4.83. The zero-order valence-corrected chi connectivity index (χ0v) is 14.6. The van der Waals surface area contributed by atoms with Gasteiger partial charge in [0.1, 0.15) is 0 Å². The highest BCUT2D eigenvalue weighted by atomic mass is 16.4. The summed E-state index contributed by atoms with van der Waals surface area (Å²) in [5, 5.41) is 8.54. The van der Waals surface area contributed by atoms with Crippen molar-refractivity contribution in [3.8, 4) is 0 Å². The molecule has 3 aromatic rings. The Hall–Kier alpha value is -2.46. The predicted octanol–water partition coefficient (Wildman–Crippen LogP) is 3.96. The summed E-state index contributed by atoms with van der Waals surface area (Å²) in [6.07, 6.45) is 1.78. The lowest BCUT2D eigenvalue weighted by molar-refractivity contribution is 0.318. The average molecular weight is 333 g/mol. The van der Waals surface area contributed by atoms with E-state index in [0.717, 1.165) is 31.9 Å². The van der Waals surface area contributed by atoms with E-state index < -0.39 is 0 Å². The van der Waals surface area contributed by atoms with Crippen LogP contribution in [0, 0.1) is 6.92 Å². The highest BCUT2D eigenvalue weighted by Crippen LogP contribution is 2.27. The van der Waals surface area contributed by atoms with E-state index in [1.165, 1.54) is 16.7 Å². The molecule has 0 bridgehead atoms. The second-order valence-corrected chi connectivity index (χ2v) is 6.90. The van der Waals surface area contributed by atoms with Crippen LogP contribution in [-0.4, -0.2) is 28.2 Å². The van der Waals surface area contributed by atoms with E-state index in [4.69, 9.17) is 4.42 Å². The Kier molecular flexibility index (Phi) is 4.61. The van der Waals surface area contributed by atoms with Crippen molar-refractivity contribution in [3.63, 3.8) is 0 Å². The SMILES string of the molecule is Cc1ccc(CN2CCC(c3nnc(Cc4ccccc4)o3)C2)cc1. The highest BCUT2D eigenvalue weighted by molar-refractivity contribution is 5.21. The summed E-state index contributed by atoms with van der Waals surface area (Å²) < 4.78 is 5.94. The molecule has 0 amide bonds. The van der Waals surface area contributed by atoms with Crippen LogP contribution in [0.25, 0.3) is 0 Å². The Morgan fingerprint density at radius 3 is 2.60 bits per heavy atom. The van der Waals surface area contributed by atoms with Crippen LogP contribution in [0.15, 0.2) is 59.0 Å². The minimum Gasteiger partial charge on any atom is -0.425 e. The van der Waals surface area contributed by atoms with Gasteiger partial charge in [-0.3, -0.25) is 4.90 Å². The number of benzene rings is 2. The van der Waals surface area contributed by atoms with Crippen molar-refractivity contribution >= 4 is 0 Å². The minimum atomic E-state index is 0.350. The monoisotopic (exact) mass is 333 g/mol. The molecule has 0 aliphatic carbocycles. The summed E-state index contributed by atoms with van der Waals surface area (Å²) in [4.78, 5) is 2.47. The zero-order chi connectivity index (χ0) is 17.1. The molecule has 0 saturated carbocycles. The lowest BCUT2D eigenvalue weighted by Crippen LogP contribution is -2.19. The molecular formula is C21H23N3O. The third-order valence-electron chi connectivity index (χ3n) is 4.83. The second kappa shape index (κ2) is 7.19. The molecule has 1 aliphatic rings. The van der Waals surface area contributed by atoms with Gasteiger partial charge in [-0.25, -0.2) is 0 Å². The number of hydrogen-bond acceptors (Lipinski definition) is 4. The van der Waals surface area contributed by atoms with Crippen LogP contribution in [-0.2, 0) is 13.0 Å². The maximum Gasteiger partial charge on any atom is 0.220 e. The van der Waals surface area contributed by atoms with Gasteiger partial charge in [0.25, 0.3) is 0 Å². The van der Waals surface area contributed by atoms with Crippen LogP contribution in [0.4, 0.5) is 0 Å². The van der Waals surface area contributed by atoms with E-state index in [9.17, 15) is 0 Å². The summed E-state index contributed by atoms with van der Waals surface area (Å²) in [7, 11) is 0. The van der Waals surface area contributed by atoms with E-state index in [2.05, 4.69) is 58.4 Å². The molecule has 128 valence electrons. The van der Waals surface area contributed by atoms with Crippen molar-refractivity contribution in [2.45, 2.75) is 32.2 Å². The molecule has 4 nitrogen and oxygen atoms in total. The highest BCUT2D eigenvalue weighted by Gasteiger charge is 2.28. The normalized spacial score (nSPS) is 17.9. The molecule has 0 radical (unpaired) electrons. The van der Waals surface area contributed by atoms with Gasteiger partial charge < -0.3 is 4.42 Å². The van der Waals surface area contributed by atoms with Crippen molar-refractivity contribution < 1.29 is 4.42 Å². The number of rotatable bonds is 5. The van der Waals surface area contributed by atoms with Crippen molar-refractivity contribution in [2.75, 3.05) is 13.1 Å². The number of nitrogens with zero attached hydrogens (tertiary/aromatic N) is 3. The van der Waals surface area contributed by atoms with Gasteiger partial charge in [-0.05, 0) is 31.0 Å². The number of hydrogen-bond donors (Lipinski definition) is 0. The maximum absolute atomic E-state index is 5.94. The lowest BCUT2D eigenvalue weighted by atomic mass is 10.1. The van der Waals surface area contributed by atoms with E-state index in [1.807, 2.05) is 18.2 Å². The van der Waals surface area contributed by atoms with Crippen molar-refractivity contribution in [1.29, 1.82) is 0 Å². The molecule has 2 aromatic carbocycles. The predicted molar refractivity (Wildman–Crippen MR) is 97.4 cm³/mol. The van der Waals surface area contributed by atoms with E-state index in [1.54, 1.807) is 0 Å². The first kappa shape index (κ1) is 16.0. The van der Waals surface area contributed by atoms with Gasteiger partial charge in [-0.2, -0.15) is 0 Å². The fraction of sp³-hybridized carbons (Fsp3) is 0.333. The van der Waals surface area contributed by atoms with E-state index in [-0.39, 0.29) is 0 Å². The zero-order valence-electron chi connectivity index (χ0n) is 14.6. The number of aryl methyl sites for hydroxylation is 1. The molecule has 25 heavy (non-hydrogen) atoms. The Labute approximate surface area is 148 Å². The van der Waals surface area contributed by atoms with Crippen molar-refractivity contribution in [2.24, 2.45) is 0 Å². The van der Waals surface area contributed by atoms with Gasteiger partial charge in [-0.15, -0.1) is 10.2 Å². The van der Waals surface area contributed by atoms with Gasteiger partial charge >= 0.3 is 0 Å². The fourth-order valence-electron chi connectivity index (χ4n) is 3.40. The molecule has 1 saturated heterocycles. The number of aromatic nitrogens is 2. The van der Waals surface area contributed by atoms with E-state index in [0.29, 0.717) is 18.2 Å². The first-order chi connectivity index (χ1) is 12.3. The van der Waals surface area contributed by atoms with Gasteiger partial charge in [0.15, 0.2) is 0 Å². The fourth-order valence-corrected chi connectivity index (χ4v) is 3.40. The van der Waals surface area contributed by atoms with Crippen LogP contribution in [0.2, 0.25) is 0 Å². The van der Waals surface area contributed by atoms with Gasteiger partial charge in [0.2, 0.25) is 11.8 Å². The number of likely N-dealkylation sites (tertiary alicyclic amines) is 1. The molecule has 1 aromatic heterocycles. The Bertz CT molecular complexity index is 811. The van der Waals surface area contributed by atoms with Crippen LogP contribution in [0.5, 0.6) is 0 Å². The van der Waals surface area contributed by atoms with Gasteiger partial charge in [-0.1, -0.05) is 60.2 Å². The Morgan fingerprint density at radius 1 is 1.00 bits per heavy atom. The first-order valence-corrected chi connectivity index (χ1v) is 8.90. The molecule has 4 rings (SSSR count). The largest absolute Gasteiger partial charge is 0.425 e. The molecule has 0 spiro atoms. The standard InChI is InChI=1S/C21H23N3O/c1-16-7-9-18(10-8-16)14-24-12-11-19(15-24)21-23-22-20(25-21)13-17-5-3-2-4-6-17/h2-10,19H,11-15H2,1H3. The molecule has 0 N–H and O–H groups in total. The quantitative estimate of drug-likeness (QED) is 0.709. The molecular weight excluding hydrogens is 310 g/mol. The van der Waals surface area contributed by atoms with Gasteiger partial charge in [0.05, 0.1) is 12.3 Å². The van der Waals surface area contributed by atoms with Crippen molar-refractivity contribution in [1.82, 2.24) is 15.1 Å². The second-order valence-electron chi connectivity index (χ2n) is 6.90.